The van der Waals surface area contributed by atoms with Crippen LogP contribution in [-0.2, 0) is 6.42 Å². The molecule has 1 heterocycles. The first-order valence-electron chi connectivity index (χ1n) is 7.16. The minimum absolute atomic E-state index is 0.388. The lowest BCUT2D eigenvalue weighted by Gasteiger charge is -2.37. The third kappa shape index (κ3) is 2.71. The molecule has 1 fully saturated rings. The van der Waals surface area contributed by atoms with Crippen molar-refractivity contribution in [3.63, 3.8) is 0 Å². The quantitative estimate of drug-likeness (QED) is 0.735. The molecule has 0 bridgehead atoms. The van der Waals surface area contributed by atoms with Crippen molar-refractivity contribution >= 4 is 27.0 Å². The molecular formula is C16H20BrNO. The lowest BCUT2D eigenvalue weighted by atomic mass is 9.73. The Bertz CT molecular complexity index is 524. The van der Waals surface area contributed by atoms with Gasteiger partial charge in [0.2, 0.25) is 0 Å². The van der Waals surface area contributed by atoms with Gasteiger partial charge in [-0.15, -0.1) is 0 Å². The fourth-order valence-corrected chi connectivity index (χ4v) is 3.81. The fraction of sp³-hybridized carbons (Fsp3) is 0.562. The molecule has 1 atom stereocenters. The molecule has 102 valence electrons. The first kappa shape index (κ1) is 13.2. The van der Waals surface area contributed by atoms with E-state index in [0.717, 1.165) is 23.4 Å². The topological polar surface area (TPSA) is 26.0 Å². The predicted octanol–water partition coefficient (Wildman–Crippen LogP) is 5.10. The second kappa shape index (κ2) is 5.28. The highest BCUT2D eigenvalue weighted by Crippen LogP contribution is 2.43. The second-order valence-electron chi connectivity index (χ2n) is 5.96. The number of hydrogen-bond donors (Lipinski definition) is 0. The van der Waals surface area contributed by atoms with Crippen LogP contribution in [0.5, 0.6) is 0 Å². The van der Waals surface area contributed by atoms with E-state index in [0.29, 0.717) is 10.2 Å². The molecule has 1 aromatic carbocycles. The van der Waals surface area contributed by atoms with Crippen LogP contribution in [0.2, 0.25) is 0 Å². The summed E-state index contributed by atoms with van der Waals surface area (Å²) in [5.41, 5.74) is 2.25. The summed E-state index contributed by atoms with van der Waals surface area (Å²) in [7, 11) is 0. The van der Waals surface area contributed by atoms with Gasteiger partial charge in [0.05, 0.1) is 0 Å². The molecule has 3 rings (SSSR count). The van der Waals surface area contributed by atoms with Gasteiger partial charge < -0.3 is 4.42 Å². The summed E-state index contributed by atoms with van der Waals surface area (Å²) < 4.78 is 5.83. The first-order chi connectivity index (χ1) is 9.17. The molecule has 0 aliphatic heterocycles. The van der Waals surface area contributed by atoms with Crippen molar-refractivity contribution < 1.29 is 4.42 Å². The molecular weight excluding hydrogens is 302 g/mol. The highest BCUT2D eigenvalue weighted by molar-refractivity contribution is 9.09. The van der Waals surface area contributed by atoms with Crippen molar-refractivity contribution in [3.05, 3.63) is 30.2 Å². The predicted molar refractivity (Wildman–Crippen MR) is 81.6 cm³/mol. The first-order valence-corrected chi connectivity index (χ1v) is 8.07. The summed E-state index contributed by atoms with van der Waals surface area (Å²) in [5.74, 6) is 0.856. The van der Waals surface area contributed by atoms with Crippen molar-refractivity contribution in [2.75, 3.05) is 0 Å². The summed E-state index contributed by atoms with van der Waals surface area (Å²) in [6.45, 7) is 2.40. The number of aromatic nitrogens is 1. The molecule has 0 amide bonds. The van der Waals surface area contributed by atoms with Gasteiger partial charge in [-0.3, -0.25) is 0 Å². The Hall–Kier alpha value is -0.830. The smallest absolute Gasteiger partial charge is 0.196 e. The van der Waals surface area contributed by atoms with Gasteiger partial charge in [-0.05, 0) is 30.4 Å². The van der Waals surface area contributed by atoms with Crippen LogP contribution in [0, 0.1) is 5.41 Å². The van der Waals surface area contributed by atoms with Crippen LogP contribution in [-0.4, -0.2) is 9.81 Å². The fourth-order valence-electron chi connectivity index (χ4n) is 3.08. The molecule has 0 spiro atoms. The number of halogens is 1. The average molecular weight is 322 g/mol. The molecule has 1 aliphatic rings. The standard InChI is InChI=1S/C16H20BrNO/c1-16(9-5-2-6-10-16)14(17)11-15-18-12-7-3-4-8-13(12)19-15/h3-4,7-8,14H,2,5-6,9-11H2,1H3. The van der Waals surface area contributed by atoms with Crippen molar-refractivity contribution in [1.29, 1.82) is 0 Å². The maximum atomic E-state index is 5.83. The molecule has 2 aromatic rings. The van der Waals surface area contributed by atoms with Crippen LogP contribution in [0.3, 0.4) is 0 Å². The van der Waals surface area contributed by atoms with E-state index >= 15 is 0 Å². The lowest BCUT2D eigenvalue weighted by Crippen LogP contribution is -2.31. The third-order valence-corrected chi connectivity index (χ3v) is 5.87. The average Bonchev–Trinajstić information content (AvgIpc) is 2.81. The van der Waals surface area contributed by atoms with Crippen LogP contribution in [0.4, 0.5) is 0 Å². The van der Waals surface area contributed by atoms with Gasteiger partial charge in [-0.2, -0.15) is 0 Å². The van der Waals surface area contributed by atoms with E-state index in [9.17, 15) is 0 Å². The highest BCUT2D eigenvalue weighted by Gasteiger charge is 2.34. The number of para-hydroxylation sites is 2. The zero-order valence-corrected chi connectivity index (χ0v) is 12.9. The summed E-state index contributed by atoms with van der Waals surface area (Å²) in [6, 6.07) is 7.99. The Balaban J connectivity index is 1.76. The molecule has 3 heteroatoms. The van der Waals surface area contributed by atoms with E-state index in [1.54, 1.807) is 0 Å². The van der Waals surface area contributed by atoms with Crippen LogP contribution in [0.15, 0.2) is 28.7 Å². The molecule has 0 radical (unpaired) electrons. The van der Waals surface area contributed by atoms with Gasteiger partial charge in [-0.25, -0.2) is 4.98 Å². The number of rotatable bonds is 3. The SMILES string of the molecule is CC1(C(Br)Cc2nc3ccccc3o2)CCCCC1. The Morgan fingerprint density at radius 1 is 1.26 bits per heavy atom. The monoisotopic (exact) mass is 321 g/mol. The van der Waals surface area contributed by atoms with E-state index < -0.39 is 0 Å². The van der Waals surface area contributed by atoms with Crippen LogP contribution in [0.1, 0.15) is 44.9 Å². The zero-order chi connectivity index (χ0) is 13.3. The van der Waals surface area contributed by atoms with E-state index in [1.807, 2.05) is 24.3 Å². The van der Waals surface area contributed by atoms with Gasteiger partial charge in [0, 0.05) is 11.2 Å². The molecule has 1 saturated carbocycles. The molecule has 0 saturated heterocycles. The summed E-state index contributed by atoms with van der Waals surface area (Å²) in [6.07, 6.45) is 7.59. The Morgan fingerprint density at radius 2 is 2.00 bits per heavy atom. The van der Waals surface area contributed by atoms with Crippen LogP contribution < -0.4 is 0 Å². The van der Waals surface area contributed by atoms with Crippen LogP contribution in [0.25, 0.3) is 11.1 Å². The zero-order valence-electron chi connectivity index (χ0n) is 11.4. The van der Waals surface area contributed by atoms with Crippen molar-refractivity contribution in [2.24, 2.45) is 5.41 Å². The van der Waals surface area contributed by atoms with Crippen molar-refractivity contribution in [1.82, 2.24) is 4.98 Å². The molecule has 2 nitrogen and oxygen atoms in total. The summed E-state index contributed by atoms with van der Waals surface area (Å²) >= 11 is 3.89. The van der Waals surface area contributed by atoms with E-state index in [1.165, 1.54) is 32.1 Å². The lowest BCUT2D eigenvalue weighted by molar-refractivity contribution is 0.207. The van der Waals surface area contributed by atoms with Gasteiger partial charge >= 0.3 is 0 Å². The molecule has 1 aliphatic carbocycles. The van der Waals surface area contributed by atoms with Crippen molar-refractivity contribution in [2.45, 2.75) is 50.3 Å². The number of nitrogens with zero attached hydrogens (tertiary/aromatic N) is 1. The maximum Gasteiger partial charge on any atom is 0.196 e. The second-order valence-corrected chi connectivity index (χ2v) is 7.07. The molecule has 1 unspecified atom stereocenters. The summed E-state index contributed by atoms with van der Waals surface area (Å²) in [4.78, 5) is 5.03. The maximum absolute atomic E-state index is 5.83. The Labute approximate surface area is 122 Å². The Morgan fingerprint density at radius 3 is 2.74 bits per heavy atom. The van der Waals surface area contributed by atoms with Gasteiger partial charge in [0.25, 0.3) is 0 Å². The third-order valence-electron chi connectivity index (χ3n) is 4.44. The normalized spacial score (nSPS) is 20.5. The van der Waals surface area contributed by atoms with Crippen molar-refractivity contribution in [3.8, 4) is 0 Å². The molecule has 19 heavy (non-hydrogen) atoms. The minimum atomic E-state index is 0.388. The Kier molecular flexibility index (Phi) is 3.66. The van der Waals surface area contributed by atoms with E-state index in [2.05, 4.69) is 27.8 Å². The van der Waals surface area contributed by atoms with E-state index in [-0.39, 0.29) is 0 Å². The van der Waals surface area contributed by atoms with Gasteiger partial charge in [-0.1, -0.05) is 54.2 Å². The largest absolute Gasteiger partial charge is 0.441 e. The molecule has 0 N–H and O–H groups in total. The van der Waals surface area contributed by atoms with Gasteiger partial charge in [0.15, 0.2) is 11.5 Å². The molecule has 1 aromatic heterocycles. The van der Waals surface area contributed by atoms with E-state index in [4.69, 9.17) is 4.42 Å². The van der Waals surface area contributed by atoms with Crippen LogP contribution >= 0.6 is 15.9 Å². The minimum Gasteiger partial charge on any atom is -0.441 e. The number of hydrogen-bond acceptors (Lipinski definition) is 2. The number of fused-ring (bicyclic) bond motifs is 1. The number of benzene rings is 1. The summed E-state index contributed by atoms with van der Waals surface area (Å²) in [5, 5.41) is 0. The highest BCUT2D eigenvalue weighted by atomic mass is 79.9. The number of alkyl halides is 1. The number of oxazole rings is 1. The van der Waals surface area contributed by atoms with Gasteiger partial charge in [0.1, 0.15) is 5.52 Å².